The van der Waals surface area contributed by atoms with Gasteiger partial charge in [-0.15, -0.1) is 0 Å². The van der Waals surface area contributed by atoms with Crippen molar-refractivity contribution < 1.29 is 4.39 Å². The van der Waals surface area contributed by atoms with E-state index in [1.165, 1.54) is 25.0 Å². The van der Waals surface area contributed by atoms with Crippen molar-refractivity contribution in [2.45, 2.75) is 38.6 Å². The maximum absolute atomic E-state index is 12.8. The molecule has 0 bridgehead atoms. The summed E-state index contributed by atoms with van der Waals surface area (Å²) >= 11 is 6.30. The molecule has 0 aromatic heterocycles. The van der Waals surface area contributed by atoms with E-state index in [0.717, 1.165) is 24.4 Å². The molecule has 2 rings (SSSR count). The highest BCUT2D eigenvalue weighted by molar-refractivity contribution is 6.25. The van der Waals surface area contributed by atoms with Gasteiger partial charge in [-0.05, 0) is 55.9 Å². The highest BCUT2D eigenvalue weighted by Gasteiger charge is 2.23. The fourth-order valence-electron chi connectivity index (χ4n) is 2.26. The molecule has 0 N–H and O–H groups in total. The fourth-order valence-corrected chi connectivity index (χ4v) is 2.57. The van der Waals surface area contributed by atoms with Crippen molar-refractivity contribution in [3.63, 3.8) is 0 Å². The Morgan fingerprint density at radius 2 is 1.69 bits per heavy atom. The summed E-state index contributed by atoms with van der Waals surface area (Å²) in [7, 11) is 0. The van der Waals surface area contributed by atoms with E-state index in [1.807, 2.05) is 0 Å². The molecule has 0 atom stereocenters. The molecule has 3 heteroatoms. The van der Waals surface area contributed by atoms with Gasteiger partial charge in [-0.1, -0.05) is 6.92 Å². The first-order chi connectivity index (χ1) is 7.66. The van der Waals surface area contributed by atoms with Gasteiger partial charge in [0.1, 0.15) is 5.82 Å². The molecule has 0 unspecified atom stereocenters. The summed E-state index contributed by atoms with van der Waals surface area (Å²) < 4.78 is 14.6. The number of nitrogens with zero attached hydrogens (tertiary/aromatic N) is 1. The van der Waals surface area contributed by atoms with Gasteiger partial charge < -0.3 is 0 Å². The Morgan fingerprint density at radius 3 is 2.25 bits per heavy atom. The molecule has 0 spiro atoms. The smallest absolute Gasteiger partial charge is 0.123 e. The second kappa shape index (κ2) is 5.05. The first-order valence-electron chi connectivity index (χ1n) is 5.87. The minimum absolute atomic E-state index is 0.217. The number of hydrogen-bond donors (Lipinski definition) is 0. The molecule has 88 valence electrons. The Bertz CT molecular complexity index is 330. The molecule has 0 amide bonds. The minimum Gasteiger partial charge on any atom is -0.282 e. The Labute approximate surface area is 101 Å². The van der Waals surface area contributed by atoms with E-state index in [0.29, 0.717) is 6.04 Å². The summed E-state index contributed by atoms with van der Waals surface area (Å²) in [5.74, 6) is 0.598. The lowest BCUT2D eigenvalue weighted by Gasteiger charge is -2.32. The average Bonchev–Trinajstić information content (AvgIpc) is 2.30. The van der Waals surface area contributed by atoms with E-state index in [2.05, 4.69) is 6.92 Å². The summed E-state index contributed by atoms with van der Waals surface area (Å²) in [6.07, 6.45) is 4.72. The molecule has 1 nitrogen and oxygen atoms in total. The zero-order valence-corrected chi connectivity index (χ0v) is 10.3. The molecule has 1 aromatic carbocycles. The first-order valence-corrected chi connectivity index (χ1v) is 6.21. The molecule has 16 heavy (non-hydrogen) atoms. The zero-order valence-electron chi connectivity index (χ0n) is 9.50. The molecule has 0 saturated heterocycles. The Hall–Kier alpha value is -0.760. The van der Waals surface area contributed by atoms with Crippen molar-refractivity contribution >= 4 is 17.5 Å². The van der Waals surface area contributed by atoms with Crippen LogP contribution in [0.1, 0.15) is 32.6 Å². The number of benzene rings is 1. The van der Waals surface area contributed by atoms with Crippen molar-refractivity contribution in [3.05, 3.63) is 30.1 Å². The van der Waals surface area contributed by atoms with E-state index >= 15 is 0 Å². The molecule has 1 aliphatic rings. The normalized spacial score (nSPS) is 25.4. The highest BCUT2D eigenvalue weighted by atomic mass is 35.5. The SMILES string of the molecule is CC1CCC(N(Cl)c2ccc(F)cc2)CC1. The number of hydrogen-bond acceptors (Lipinski definition) is 1. The quantitative estimate of drug-likeness (QED) is 0.696. The lowest BCUT2D eigenvalue weighted by molar-refractivity contribution is 0.350. The second-order valence-corrected chi connectivity index (χ2v) is 5.07. The van der Waals surface area contributed by atoms with Gasteiger partial charge in [0, 0.05) is 17.8 Å². The monoisotopic (exact) mass is 241 g/mol. The maximum atomic E-state index is 12.8. The van der Waals surface area contributed by atoms with Gasteiger partial charge >= 0.3 is 0 Å². The van der Waals surface area contributed by atoms with E-state index < -0.39 is 0 Å². The molecule has 0 heterocycles. The minimum atomic E-state index is -0.217. The third-order valence-electron chi connectivity index (χ3n) is 3.38. The lowest BCUT2D eigenvalue weighted by atomic mass is 9.87. The largest absolute Gasteiger partial charge is 0.282 e. The molecule has 1 aromatic rings. The number of rotatable bonds is 2. The number of halogens is 2. The molecule has 1 saturated carbocycles. The predicted octanol–water partition coefficient (Wildman–Crippen LogP) is 4.36. The molecule has 1 fully saturated rings. The van der Waals surface area contributed by atoms with Crippen molar-refractivity contribution in [3.8, 4) is 0 Å². The zero-order chi connectivity index (χ0) is 11.5. The maximum Gasteiger partial charge on any atom is 0.123 e. The van der Waals surface area contributed by atoms with Crippen molar-refractivity contribution in [2.24, 2.45) is 5.92 Å². The summed E-state index contributed by atoms with van der Waals surface area (Å²) in [6.45, 7) is 2.28. The number of anilines is 1. The summed E-state index contributed by atoms with van der Waals surface area (Å²) in [6, 6.07) is 6.77. The molecular weight excluding hydrogens is 225 g/mol. The van der Waals surface area contributed by atoms with Crippen LogP contribution in [0.3, 0.4) is 0 Å². The molecule has 0 aliphatic heterocycles. The van der Waals surface area contributed by atoms with E-state index in [9.17, 15) is 4.39 Å². The van der Waals surface area contributed by atoms with E-state index in [1.54, 1.807) is 16.6 Å². The Morgan fingerprint density at radius 1 is 1.12 bits per heavy atom. The van der Waals surface area contributed by atoms with Gasteiger partial charge in [-0.3, -0.25) is 4.42 Å². The average molecular weight is 242 g/mol. The standard InChI is InChI=1S/C13H17ClFN/c1-10-2-6-12(7-3-10)16(14)13-8-4-11(15)5-9-13/h4-5,8-10,12H,2-3,6-7H2,1H3. The highest BCUT2D eigenvalue weighted by Crippen LogP contribution is 2.31. The fraction of sp³-hybridized carbons (Fsp3) is 0.538. The van der Waals surface area contributed by atoms with Gasteiger partial charge in [0.05, 0.1) is 5.69 Å². The van der Waals surface area contributed by atoms with Gasteiger partial charge in [-0.25, -0.2) is 4.39 Å². The third kappa shape index (κ3) is 2.67. The topological polar surface area (TPSA) is 3.24 Å². The van der Waals surface area contributed by atoms with Crippen LogP contribution in [-0.4, -0.2) is 6.04 Å². The first kappa shape index (κ1) is 11.7. The van der Waals surface area contributed by atoms with Crippen LogP contribution < -0.4 is 4.42 Å². The van der Waals surface area contributed by atoms with Crippen molar-refractivity contribution in [1.82, 2.24) is 0 Å². The van der Waals surface area contributed by atoms with Crippen LogP contribution in [0.5, 0.6) is 0 Å². The summed E-state index contributed by atoms with van der Waals surface area (Å²) in [4.78, 5) is 0. The molecular formula is C13H17ClFN. The van der Waals surface area contributed by atoms with Crippen LogP contribution in [-0.2, 0) is 0 Å². The van der Waals surface area contributed by atoms with Crippen molar-refractivity contribution in [1.29, 1.82) is 0 Å². The van der Waals surface area contributed by atoms with Crippen molar-refractivity contribution in [2.75, 3.05) is 4.42 Å². The second-order valence-electron chi connectivity index (χ2n) is 4.70. The Balaban J connectivity index is 2.01. The molecule has 0 radical (unpaired) electrons. The van der Waals surface area contributed by atoms with Crippen LogP contribution in [0, 0.1) is 11.7 Å². The predicted molar refractivity (Wildman–Crippen MR) is 66.2 cm³/mol. The summed E-state index contributed by atoms with van der Waals surface area (Å²) in [5, 5.41) is 0. The van der Waals surface area contributed by atoms with Gasteiger partial charge in [0.2, 0.25) is 0 Å². The van der Waals surface area contributed by atoms with Gasteiger partial charge in [-0.2, -0.15) is 0 Å². The van der Waals surface area contributed by atoms with Crippen LogP contribution in [0.25, 0.3) is 0 Å². The van der Waals surface area contributed by atoms with Gasteiger partial charge in [0.15, 0.2) is 0 Å². The van der Waals surface area contributed by atoms with Crippen LogP contribution in [0.15, 0.2) is 24.3 Å². The summed E-state index contributed by atoms with van der Waals surface area (Å²) in [5.41, 5.74) is 0.891. The lowest BCUT2D eigenvalue weighted by Crippen LogP contribution is -2.30. The van der Waals surface area contributed by atoms with E-state index in [-0.39, 0.29) is 5.82 Å². The Kier molecular flexibility index (Phi) is 3.70. The molecule has 1 aliphatic carbocycles. The van der Waals surface area contributed by atoms with E-state index in [4.69, 9.17) is 11.8 Å². The van der Waals surface area contributed by atoms with Crippen LogP contribution in [0.4, 0.5) is 10.1 Å². The third-order valence-corrected chi connectivity index (χ3v) is 3.85. The van der Waals surface area contributed by atoms with Crippen LogP contribution >= 0.6 is 11.8 Å². The van der Waals surface area contributed by atoms with Gasteiger partial charge in [0.25, 0.3) is 0 Å². The van der Waals surface area contributed by atoms with Crippen LogP contribution in [0.2, 0.25) is 0 Å².